The highest BCUT2D eigenvalue weighted by molar-refractivity contribution is 7.76. The third kappa shape index (κ3) is 1.56. The number of hydrogen-bond acceptors (Lipinski definition) is 2. The van der Waals surface area contributed by atoms with Crippen LogP contribution in [-0.4, -0.2) is 12.7 Å². The summed E-state index contributed by atoms with van der Waals surface area (Å²) >= 11 is 5.51. The van der Waals surface area contributed by atoms with Crippen LogP contribution in [0.1, 0.15) is 13.3 Å². The Morgan fingerprint density at radius 2 is 2.62 bits per heavy atom. The van der Waals surface area contributed by atoms with Crippen LogP contribution in [0.5, 0.6) is 0 Å². The summed E-state index contributed by atoms with van der Waals surface area (Å²) in [6.07, 6.45) is 1.24. The van der Waals surface area contributed by atoms with Gasteiger partial charge in [0.1, 0.15) is 0 Å². The fourth-order valence-corrected chi connectivity index (χ4v) is 1.81. The fraction of sp³-hybridized carbons (Fsp3) is 1.00. The molecule has 0 bridgehead atoms. The summed E-state index contributed by atoms with van der Waals surface area (Å²) in [6, 6.07) is 0. The lowest BCUT2D eigenvalue weighted by atomic mass is 10.3. The lowest BCUT2D eigenvalue weighted by Crippen LogP contribution is -2.05. The largest absolute Gasteiger partial charge is 0.319 e. The maximum Gasteiger partial charge on any atom is 0.277 e. The van der Waals surface area contributed by atoms with Gasteiger partial charge in [-0.15, -0.1) is 0 Å². The molecule has 0 radical (unpaired) electrons. The molecule has 2 unspecified atom stereocenters. The van der Waals surface area contributed by atoms with Gasteiger partial charge in [0.25, 0.3) is 7.73 Å². The molecule has 0 N–H and O–H groups in total. The molecule has 8 heavy (non-hydrogen) atoms. The van der Waals surface area contributed by atoms with Crippen LogP contribution in [0.4, 0.5) is 0 Å². The Kier molecular flexibility index (Phi) is 2.51. The Balaban J connectivity index is 2.22. The van der Waals surface area contributed by atoms with E-state index in [9.17, 15) is 0 Å². The lowest BCUT2D eigenvalue weighted by Gasteiger charge is -1.99. The Morgan fingerprint density at radius 3 is 2.88 bits per heavy atom. The van der Waals surface area contributed by atoms with Crippen molar-refractivity contribution in [2.45, 2.75) is 19.4 Å². The summed E-state index contributed by atoms with van der Waals surface area (Å²) < 4.78 is 10.1. The number of hydrogen-bond donors (Lipinski definition) is 0. The summed E-state index contributed by atoms with van der Waals surface area (Å²) in [5, 5.41) is 0. The van der Waals surface area contributed by atoms with E-state index in [0.29, 0.717) is 6.61 Å². The number of halogens is 1. The molecule has 0 aromatic carbocycles. The Hall–Kier alpha value is 0.640. The van der Waals surface area contributed by atoms with Crippen molar-refractivity contribution in [3.63, 3.8) is 0 Å². The minimum atomic E-state index is -1.04. The molecule has 0 saturated carbocycles. The third-order valence-electron chi connectivity index (χ3n) is 1.05. The topological polar surface area (TPSA) is 18.5 Å². The first-order chi connectivity index (χ1) is 3.83. The van der Waals surface area contributed by atoms with E-state index in [2.05, 4.69) is 6.92 Å². The summed E-state index contributed by atoms with van der Waals surface area (Å²) in [7, 11) is -1.04. The molecule has 0 aliphatic carbocycles. The highest BCUT2D eigenvalue weighted by Gasteiger charge is 2.23. The van der Waals surface area contributed by atoms with Crippen molar-refractivity contribution >= 4 is 19.0 Å². The molecule has 0 spiro atoms. The molecule has 0 aromatic rings. The van der Waals surface area contributed by atoms with Gasteiger partial charge in [-0.25, -0.2) is 0 Å². The van der Waals surface area contributed by atoms with E-state index in [1.165, 1.54) is 0 Å². The maximum atomic E-state index is 5.51. The van der Waals surface area contributed by atoms with Crippen molar-refractivity contribution in [2.75, 3.05) is 6.61 Å². The lowest BCUT2D eigenvalue weighted by molar-refractivity contribution is 0.235. The Bertz CT molecular complexity index is 80.4. The van der Waals surface area contributed by atoms with Gasteiger partial charge in [0, 0.05) is 0 Å². The van der Waals surface area contributed by atoms with Gasteiger partial charge >= 0.3 is 0 Å². The standard InChI is InChI=1S/C4H8ClO2P/c1-2-4-3-6-8(5)7-4/h4H,2-3H2,1H3. The minimum Gasteiger partial charge on any atom is -0.319 e. The second kappa shape index (κ2) is 2.98. The molecule has 1 aliphatic heterocycles. The van der Waals surface area contributed by atoms with E-state index in [-0.39, 0.29) is 6.10 Å². The molecule has 0 aromatic heterocycles. The molecule has 48 valence electrons. The van der Waals surface area contributed by atoms with Crippen molar-refractivity contribution in [2.24, 2.45) is 0 Å². The molecule has 1 fully saturated rings. The zero-order chi connectivity index (χ0) is 5.98. The molecular formula is C4H8ClO2P. The summed E-state index contributed by atoms with van der Waals surface area (Å²) in [4.78, 5) is 0. The van der Waals surface area contributed by atoms with Crippen LogP contribution >= 0.6 is 19.0 Å². The van der Waals surface area contributed by atoms with Crippen molar-refractivity contribution < 1.29 is 9.05 Å². The first kappa shape index (κ1) is 6.76. The van der Waals surface area contributed by atoms with Gasteiger partial charge in [0.05, 0.1) is 12.7 Å². The van der Waals surface area contributed by atoms with Crippen molar-refractivity contribution in [3.05, 3.63) is 0 Å². The zero-order valence-electron chi connectivity index (χ0n) is 4.63. The van der Waals surface area contributed by atoms with E-state index in [0.717, 1.165) is 6.42 Å². The maximum absolute atomic E-state index is 5.51. The molecule has 1 rings (SSSR count). The zero-order valence-corrected chi connectivity index (χ0v) is 6.28. The quantitative estimate of drug-likeness (QED) is 0.540. The van der Waals surface area contributed by atoms with Crippen molar-refractivity contribution in [1.82, 2.24) is 0 Å². The van der Waals surface area contributed by atoms with Gasteiger partial charge in [-0.2, -0.15) is 0 Å². The van der Waals surface area contributed by atoms with E-state index in [4.69, 9.17) is 20.3 Å². The Labute approximate surface area is 54.8 Å². The van der Waals surface area contributed by atoms with Gasteiger partial charge in [-0.1, -0.05) is 6.92 Å². The van der Waals surface area contributed by atoms with Gasteiger partial charge in [0.2, 0.25) is 0 Å². The van der Waals surface area contributed by atoms with E-state index < -0.39 is 7.73 Å². The predicted molar refractivity (Wildman–Crippen MR) is 33.9 cm³/mol. The van der Waals surface area contributed by atoms with Gasteiger partial charge in [-0.05, 0) is 17.7 Å². The third-order valence-corrected chi connectivity index (χ3v) is 2.40. The highest BCUT2D eigenvalue weighted by Crippen LogP contribution is 2.50. The average molecular weight is 155 g/mol. The number of rotatable bonds is 1. The minimum absolute atomic E-state index is 0.249. The molecule has 0 amide bonds. The van der Waals surface area contributed by atoms with Crippen molar-refractivity contribution in [1.29, 1.82) is 0 Å². The van der Waals surface area contributed by atoms with E-state index >= 15 is 0 Å². The predicted octanol–water partition coefficient (Wildman–Crippen LogP) is 2.28. The van der Waals surface area contributed by atoms with Gasteiger partial charge in [-0.3, -0.25) is 0 Å². The van der Waals surface area contributed by atoms with Crippen LogP contribution < -0.4 is 0 Å². The first-order valence-electron chi connectivity index (χ1n) is 2.58. The first-order valence-corrected chi connectivity index (χ1v) is 4.66. The molecule has 1 saturated heterocycles. The monoisotopic (exact) mass is 154 g/mol. The van der Waals surface area contributed by atoms with Crippen LogP contribution in [0.15, 0.2) is 0 Å². The smallest absolute Gasteiger partial charge is 0.277 e. The van der Waals surface area contributed by atoms with Crippen LogP contribution in [0.25, 0.3) is 0 Å². The molecule has 2 nitrogen and oxygen atoms in total. The second-order valence-electron chi connectivity index (χ2n) is 1.64. The van der Waals surface area contributed by atoms with Crippen LogP contribution in [0.3, 0.4) is 0 Å². The Morgan fingerprint density at radius 1 is 1.88 bits per heavy atom. The molecule has 1 aliphatic rings. The summed E-state index contributed by atoms with van der Waals surface area (Å²) in [6.45, 7) is 2.73. The highest BCUT2D eigenvalue weighted by atomic mass is 35.7. The van der Waals surface area contributed by atoms with Gasteiger partial charge in [0.15, 0.2) is 0 Å². The molecular weight excluding hydrogens is 146 g/mol. The second-order valence-corrected chi connectivity index (χ2v) is 3.37. The molecule has 4 heteroatoms. The SMILES string of the molecule is CCC1COP(Cl)O1. The summed E-state index contributed by atoms with van der Waals surface area (Å²) in [5.41, 5.74) is 0. The summed E-state index contributed by atoms with van der Waals surface area (Å²) in [5.74, 6) is 0. The van der Waals surface area contributed by atoms with Crippen LogP contribution in [-0.2, 0) is 9.05 Å². The van der Waals surface area contributed by atoms with Crippen molar-refractivity contribution in [3.8, 4) is 0 Å². The van der Waals surface area contributed by atoms with Gasteiger partial charge < -0.3 is 9.05 Å². The van der Waals surface area contributed by atoms with E-state index in [1.807, 2.05) is 0 Å². The molecule has 2 atom stereocenters. The van der Waals surface area contributed by atoms with Crippen LogP contribution in [0, 0.1) is 0 Å². The average Bonchev–Trinajstić information content (AvgIpc) is 2.14. The normalized spacial score (nSPS) is 38.2. The fourth-order valence-electron chi connectivity index (χ4n) is 0.512. The van der Waals surface area contributed by atoms with Crippen LogP contribution in [0.2, 0.25) is 0 Å². The van der Waals surface area contributed by atoms with E-state index in [1.54, 1.807) is 0 Å². The molecule has 1 heterocycles.